The Morgan fingerprint density at radius 1 is 1.18 bits per heavy atom. The first kappa shape index (κ1) is 11.9. The maximum atomic E-state index is 12.8. The number of halogens is 1. The number of anilines is 1. The highest BCUT2D eigenvalue weighted by atomic mass is 32.2. The minimum atomic E-state index is -0.219. The van der Waals surface area contributed by atoms with Crippen molar-refractivity contribution in [1.29, 1.82) is 0 Å². The van der Waals surface area contributed by atoms with Gasteiger partial charge >= 0.3 is 0 Å². The molecule has 2 nitrogen and oxygen atoms in total. The topological polar surface area (TPSA) is 24.9 Å². The van der Waals surface area contributed by atoms with E-state index in [0.717, 1.165) is 22.3 Å². The summed E-state index contributed by atoms with van der Waals surface area (Å²) in [5.41, 5.74) is 0. The lowest BCUT2D eigenvalue weighted by Gasteiger charge is -2.05. The Balaban J connectivity index is 2.12. The van der Waals surface area contributed by atoms with Crippen molar-refractivity contribution >= 4 is 17.6 Å². The van der Waals surface area contributed by atoms with Gasteiger partial charge in [-0.3, -0.25) is 0 Å². The van der Waals surface area contributed by atoms with Gasteiger partial charge in [0.15, 0.2) is 0 Å². The Morgan fingerprint density at radius 2 is 1.94 bits per heavy atom. The Bertz CT molecular complexity index is 485. The van der Waals surface area contributed by atoms with Gasteiger partial charge in [0.2, 0.25) is 0 Å². The van der Waals surface area contributed by atoms with Crippen LogP contribution in [0.1, 0.15) is 6.92 Å². The van der Waals surface area contributed by atoms with Gasteiger partial charge in [0.05, 0.1) is 0 Å². The van der Waals surface area contributed by atoms with Gasteiger partial charge in [-0.25, -0.2) is 9.37 Å². The Kier molecular flexibility index (Phi) is 3.98. The molecule has 0 atom stereocenters. The molecule has 88 valence electrons. The van der Waals surface area contributed by atoms with Gasteiger partial charge in [0.1, 0.15) is 16.7 Å². The van der Waals surface area contributed by atoms with Crippen molar-refractivity contribution in [2.75, 3.05) is 11.9 Å². The van der Waals surface area contributed by atoms with Crippen LogP contribution in [0.2, 0.25) is 0 Å². The van der Waals surface area contributed by atoms with Gasteiger partial charge in [-0.15, -0.1) is 0 Å². The summed E-state index contributed by atoms with van der Waals surface area (Å²) >= 11 is 1.52. The van der Waals surface area contributed by atoms with Crippen molar-refractivity contribution in [3.05, 3.63) is 48.3 Å². The molecular formula is C13H13FN2S. The largest absolute Gasteiger partial charge is 0.370 e. The highest BCUT2D eigenvalue weighted by Gasteiger charge is 2.00. The van der Waals surface area contributed by atoms with Crippen molar-refractivity contribution in [2.24, 2.45) is 0 Å². The van der Waals surface area contributed by atoms with Gasteiger partial charge < -0.3 is 5.32 Å². The zero-order valence-corrected chi connectivity index (χ0v) is 10.3. The van der Waals surface area contributed by atoms with Crippen LogP contribution in [0.5, 0.6) is 0 Å². The third-order valence-corrected chi connectivity index (χ3v) is 3.06. The van der Waals surface area contributed by atoms with E-state index in [1.54, 1.807) is 12.1 Å². The summed E-state index contributed by atoms with van der Waals surface area (Å²) < 4.78 is 12.8. The van der Waals surface area contributed by atoms with Crippen LogP contribution < -0.4 is 5.32 Å². The number of hydrogen-bond donors (Lipinski definition) is 1. The first-order valence-electron chi connectivity index (χ1n) is 5.42. The zero-order chi connectivity index (χ0) is 12.1. The summed E-state index contributed by atoms with van der Waals surface area (Å²) in [6, 6.07) is 12.2. The second kappa shape index (κ2) is 5.68. The third kappa shape index (κ3) is 3.46. The average molecular weight is 248 g/mol. The van der Waals surface area contributed by atoms with E-state index in [4.69, 9.17) is 0 Å². The third-order valence-electron chi connectivity index (χ3n) is 2.12. The van der Waals surface area contributed by atoms with E-state index in [-0.39, 0.29) is 5.82 Å². The summed E-state index contributed by atoms with van der Waals surface area (Å²) in [6.45, 7) is 2.87. The molecule has 0 aliphatic carbocycles. The lowest BCUT2D eigenvalue weighted by molar-refractivity contribution is 0.626. The normalized spacial score (nSPS) is 10.2. The SMILES string of the molecule is CCNc1cccc(Sc2ccc(F)cc2)n1. The molecule has 0 saturated heterocycles. The molecule has 1 heterocycles. The first-order chi connectivity index (χ1) is 8.28. The fourth-order valence-corrected chi connectivity index (χ4v) is 2.18. The van der Waals surface area contributed by atoms with Gasteiger partial charge in [0.25, 0.3) is 0 Å². The highest BCUT2D eigenvalue weighted by Crippen LogP contribution is 2.26. The Hall–Kier alpha value is -1.55. The standard InChI is InChI=1S/C13H13FN2S/c1-2-15-12-4-3-5-13(16-12)17-11-8-6-10(14)7-9-11/h3-9H,2H2,1H3,(H,15,16). The smallest absolute Gasteiger partial charge is 0.127 e. The van der Waals surface area contributed by atoms with Gasteiger partial charge in [-0.05, 0) is 43.3 Å². The summed E-state index contributed by atoms with van der Waals surface area (Å²) in [4.78, 5) is 5.42. The lowest BCUT2D eigenvalue weighted by Crippen LogP contribution is -1.98. The Morgan fingerprint density at radius 3 is 2.65 bits per heavy atom. The monoisotopic (exact) mass is 248 g/mol. The maximum Gasteiger partial charge on any atom is 0.127 e. The van der Waals surface area contributed by atoms with E-state index in [9.17, 15) is 4.39 Å². The van der Waals surface area contributed by atoms with Crippen LogP contribution >= 0.6 is 11.8 Å². The molecule has 1 N–H and O–H groups in total. The molecule has 4 heteroatoms. The highest BCUT2D eigenvalue weighted by molar-refractivity contribution is 7.99. The number of aromatic nitrogens is 1. The molecule has 0 aliphatic rings. The molecule has 0 radical (unpaired) electrons. The number of pyridine rings is 1. The fraction of sp³-hybridized carbons (Fsp3) is 0.154. The minimum Gasteiger partial charge on any atom is -0.370 e. The predicted octanol–water partition coefficient (Wildman–Crippen LogP) is 3.80. The molecule has 0 aliphatic heterocycles. The van der Waals surface area contributed by atoms with Gasteiger partial charge in [-0.2, -0.15) is 0 Å². The van der Waals surface area contributed by atoms with Crippen molar-refractivity contribution in [1.82, 2.24) is 4.98 Å². The molecule has 17 heavy (non-hydrogen) atoms. The molecule has 0 fully saturated rings. The van der Waals surface area contributed by atoms with Crippen molar-refractivity contribution in [3.63, 3.8) is 0 Å². The molecule has 0 unspecified atom stereocenters. The molecule has 1 aromatic carbocycles. The van der Waals surface area contributed by atoms with E-state index in [1.807, 2.05) is 25.1 Å². The summed E-state index contributed by atoms with van der Waals surface area (Å²) in [6.07, 6.45) is 0. The van der Waals surface area contributed by atoms with E-state index in [1.165, 1.54) is 23.9 Å². The quantitative estimate of drug-likeness (QED) is 0.890. The van der Waals surface area contributed by atoms with Crippen molar-refractivity contribution in [3.8, 4) is 0 Å². The van der Waals surface area contributed by atoms with Crippen LogP contribution in [-0.4, -0.2) is 11.5 Å². The van der Waals surface area contributed by atoms with Crippen LogP contribution in [0.4, 0.5) is 10.2 Å². The summed E-state index contributed by atoms with van der Waals surface area (Å²) in [7, 11) is 0. The average Bonchev–Trinajstić information content (AvgIpc) is 2.33. The zero-order valence-electron chi connectivity index (χ0n) is 9.48. The number of hydrogen-bond acceptors (Lipinski definition) is 3. The second-order valence-corrected chi connectivity index (χ2v) is 4.54. The molecule has 0 bridgehead atoms. The van der Waals surface area contributed by atoms with Gasteiger partial charge in [-0.1, -0.05) is 17.8 Å². The Labute approximate surface area is 104 Å². The predicted molar refractivity (Wildman–Crippen MR) is 68.9 cm³/mol. The van der Waals surface area contributed by atoms with Crippen molar-refractivity contribution in [2.45, 2.75) is 16.8 Å². The summed E-state index contributed by atoms with van der Waals surface area (Å²) in [5.74, 6) is 0.642. The van der Waals surface area contributed by atoms with Crippen LogP contribution in [-0.2, 0) is 0 Å². The first-order valence-corrected chi connectivity index (χ1v) is 6.24. The molecular weight excluding hydrogens is 235 g/mol. The number of rotatable bonds is 4. The molecule has 0 amide bonds. The van der Waals surface area contributed by atoms with Crippen LogP contribution in [0, 0.1) is 5.82 Å². The molecule has 1 aromatic heterocycles. The maximum absolute atomic E-state index is 12.8. The number of nitrogens with one attached hydrogen (secondary N) is 1. The number of benzene rings is 1. The molecule has 2 rings (SSSR count). The lowest BCUT2D eigenvalue weighted by atomic mass is 10.4. The van der Waals surface area contributed by atoms with Gasteiger partial charge in [0, 0.05) is 11.4 Å². The molecule has 0 spiro atoms. The number of nitrogens with zero attached hydrogens (tertiary/aromatic N) is 1. The van der Waals surface area contributed by atoms with E-state index in [2.05, 4.69) is 10.3 Å². The fourth-order valence-electron chi connectivity index (χ4n) is 1.37. The van der Waals surface area contributed by atoms with Crippen molar-refractivity contribution < 1.29 is 4.39 Å². The van der Waals surface area contributed by atoms with Crippen LogP contribution in [0.15, 0.2) is 52.4 Å². The van der Waals surface area contributed by atoms with Crippen LogP contribution in [0.25, 0.3) is 0 Å². The minimum absolute atomic E-state index is 0.219. The van der Waals surface area contributed by atoms with E-state index >= 15 is 0 Å². The second-order valence-electron chi connectivity index (χ2n) is 3.45. The van der Waals surface area contributed by atoms with E-state index in [0.29, 0.717) is 0 Å². The molecule has 0 saturated carbocycles. The summed E-state index contributed by atoms with van der Waals surface area (Å²) in [5, 5.41) is 4.06. The van der Waals surface area contributed by atoms with E-state index < -0.39 is 0 Å². The molecule has 2 aromatic rings. The van der Waals surface area contributed by atoms with Crippen LogP contribution in [0.3, 0.4) is 0 Å².